The summed E-state index contributed by atoms with van der Waals surface area (Å²) in [5.41, 5.74) is 0.617. The number of fused-ring (bicyclic) bond motifs is 1. The highest BCUT2D eigenvalue weighted by Crippen LogP contribution is 2.35. The van der Waals surface area contributed by atoms with Gasteiger partial charge in [-0.15, -0.1) is 0 Å². The smallest absolute Gasteiger partial charge is 0.419 e. The van der Waals surface area contributed by atoms with Crippen LogP contribution in [0.25, 0.3) is 6.08 Å². The van der Waals surface area contributed by atoms with Crippen LogP contribution in [0, 0.1) is 11.3 Å². The SMILES string of the molecule is C=COC(=O)N1C=Cc2ccccc2[C@@]1(C)C#N. The Kier molecular flexibility index (Phi) is 2.90. The summed E-state index contributed by atoms with van der Waals surface area (Å²) < 4.78 is 4.74. The molecule has 1 aromatic carbocycles. The first-order valence-electron chi connectivity index (χ1n) is 5.43. The molecule has 1 heterocycles. The maximum absolute atomic E-state index is 11.8. The van der Waals surface area contributed by atoms with Crippen LogP contribution in [0.15, 0.2) is 43.3 Å². The monoisotopic (exact) mass is 240 g/mol. The minimum absolute atomic E-state index is 0.625. The Balaban J connectivity index is 2.52. The summed E-state index contributed by atoms with van der Waals surface area (Å²) in [5.74, 6) is 0. The Hall–Kier alpha value is -2.54. The predicted octanol–water partition coefficient (Wildman–Crippen LogP) is 2.99. The predicted molar refractivity (Wildman–Crippen MR) is 67.0 cm³/mol. The van der Waals surface area contributed by atoms with Gasteiger partial charge in [0, 0.05) is 6.20 Å². The molecule has 0 radical (unpaired) electrons. The van der Waals surface area contributed by atoms with E-state index in [9.17, 15) is 10.1 Å². The van der Waals surface area contributed by atoms with Gasteiger partial charge in [0.15, 0.2) is 5.54 Å². The highest BCUT2D eigenvalue weighted by molar-refractivity contribution is 5.76. The van der Waals surface area contributed by atoms with Gasteiger partial charge in [-0.2, -0.15) is 5.26 Å². The molecule has 0 unspecified atom stereocenters. The fourth-order valence-electron chi connectivity index (χ4n) is 2.00. The molecule has 0 saturated heterocycles. The molecule has 0 saturated carbocycles. The van der Waals surface area contributed by atoms with E-state index < -0.39 is 11.6 Å². The van der Waals surface area contributed by atoms with Crippen molar-refractivity contribution in [3.8, 4) is 6.07 Å². The second-order valence-corrected chi connectivity index (χ2v) is 4.01. The van der Waals surface area contributed by atoms with E-state index >= 15 is 0 Å². The van der Waals surface area contributed by atoms with Gasteiger partial charge < -0.3 is 4.74 Å². The van der Waals surface area contributed by atoms with Gasteiger partial charge >= 0.3 is 6.09 Å². The first-order chi connectivity index (χ1) is 8.63. The minimum Gasteiger partial charge on any atom is -0.419 e. The van der Waals surface area contributed by atoms with E-state index in [4.69, 9.17) is 4.74 Å². The van der Waals surface area contributed by atoms with Gasteiger partial charge in [-0.25, -0.2) is 4.79 Å². The number of hydrogen-bond acceptors (Lipinski definition) is 3. The second kappa shape index (κ2) is 4.38. The lowest BCUT2D eigenvalue weighted by atomic mass is 9.86. The molecule has 1 amide bonds. The lowest BCUT2D eigenvalue weighted by Gasteiger charge is -2.36. The molecule has 1 atom stereocenters. The van der Waals surface area contributed by atoms with E-state index in [1.807, 2.05) is 24.3 Å². The normalized spacial score (nSPS) is 20.8. The van der Waals surface area contributed by atoms with Crippen LogP contribution in [0.4, 0.5) is 4.79 Å². The zero-order valence-corrected chi connectivity index (χ0v) is 9.96. The molecule has 0 aliphatic carbocycles. The average Bonchev–Trinajstić information content (AvgIpc) is 2.39. The van der Waals surface area contributed by atoms with Crippen LogP contribution in [0.5, 0.6) is 0 Å². The van der Waals surface area contributed by atoms with Gasteiger partial charge in [0.2, 0.25) is 0 Å². The molecular formula is C14H12N2O2. The average molecular weight is 240 g/mol. The lowest BCUT2D eigenvalue weighted by Crippen LogP contribution is -2.44. The van der Waals surface area contributed by atoms with E-state index in [-0.39, 0.29) is 0 Å². The standard InChI is InChI=1S/C14H12N2O2/c1-3-18-13(17)16-9-8-11-6-4-5-7-12(11)14(16,2)10-15/h3-9H,1H2,2H3/t14-/m1/s1. The molecule has 0 aromatic heterocycles. The lowest BCUT2D eigenvalue weighted by molar-refractivity contribution is 0.127. The number of hydrogen-bond donors (Lipinski definition) is 0. The third kappa shape index (κ3) is 1.66. The van der Waals surface area contributed by atoms with Crippen LogP contribution in [0.3, 0.4) is 0 Å². The van der Waals surface area contributed by atoms with Gasteiger partial charge in [-0.3, -0.25) is 4.90 Å². The van der Waals surface area contributed by atoms with Crippen molar-refractivity contribution in [3.05, 3.63) is 54.4 Å². The van der Waals surface area contributed by atoms with E-state index in [1.165, 1.54) is 4.90 Å². The van der Waals surface area contributed by atoms with E-state index in [1.54, 1.807) is 19.2 Å². The quantitative estimate of drug-likeness (QED) is 0.709. The molecular weight excluding hydrogens is 228 g/mol. The van der Waals surface area contributed by atoms with E-state index in [2.05, 4.69) is 12.6 Å². The number of nitriles is 1. The summed E-state index contributed by atoms with van der Waals surface area (Å²) in [6.07, 6.45) is 3.75. The number of benzene rings is 1. The Morgan fingerprint density at radius 3 is 2.94 bits per heavy atom. The molecule has 0 bridgehead atoms. The first-order valence-corrected chi connectivity index (χ1v) is 5.43. The highest BCUT2D eigenvalue weighted by Gasteiger charge is 2.40. The molecule has 1 aliphatic heterocycles. The maximum Gasteiger partial charge on any atom is 0.420 e. The highest BCUT2D eigenvalue weighted by atomic mass is 16.5. The Morgan fingerprint density at radius 2 is 2.28 bits per heavy atom. The van der Waals surface area contributed by atoms with Crippen molar-refractivity contribution in [2.45, 2.75) is 12.5 Å². The van der Waals surface area contributed by atoms with Gasteiger partial charge in [-0.1, -0.05) is 30.8 Å². The topological polar surface area (TPSA) is 53.3 Å². The van der Waals surface area contributed by atoms with Gasteiger partial charge in [-0.05, 0) is 24.1 Å². The molecule has 1 aromatic rings. The van der Waals surface area contributed by atoms with Crippen LogP contribution >= 0.6 is 0 Å². The molecule has 90 valence electrons. The largest absolute Gasteiger partial charge is 0.420 e. The molecule has 4 nitrogen and oxygen atoms in total. The van der Waals surface area contributed by atoms with E-state index in [0.29, 0.717) is 0 Å². The zero-order valence-electron chi connectivity index (χ0n) is 9.96. The molecule has 2 rings (SSSR count). The molecule has 4 heteroatoms. The van der Waals surface area contributed by atoms with Crippen molar-refractivity contribution >= 4 is 12.2 Å². The van der Waals surface area contributed by atoms with Gasteiger partial charge in [0.25, 0.3) is 0 Å². The van der Waals surface area contributed by atoms with Crippen LogP contribution < -0.4 is 0 Å². The Morgan fingerprint density at radius 1 is 1.56 bits per heavy atom. The molecule has 0 spiro atoms. The second-order valence-electron chi connectivity index (χ2n) is 4.01. The van der Waals surface area contributed by atoms with Crippen LogP contribution in [0.2, 0.25) is 0 Å². The first kappa shape index (κ1) is 11.9. The van der Waals surface area contributed by atoms with Crippen molar-refractivity contribution < 1.29 is 9.53 Å². The number of carbonyl (C=O) groups excluding carboxylic acids is 1. The minimum atomic E-state index is -1.08. The number of rotatable bonds is 1. The van der Waals surface area contributed by atoms with Crippen molar-refractivity contribution in [1.29, 1.82) is 5.26 Å². The fourth-order valence-corrected chi connectivity index (χ4v) is 2.00. The molecule has 1 aliphatic rings. The van der Waals surface area contributed by atoms with Crippen LogP contribution in [0.1, 0.15) is 18.1 Å². The Bertz CT molecular complexity index is 571. The maximum atomic E-state index is 11.8. The summed E-state index contributed by atoms with van der Waals surface area (Å²) in [7, 11) is 0. The summed E-state index contributed by atoms with van der Waals surface area (Å²) in [4.78, 5) is 13.1. The Labute approximate surface area is 105 Å². The van der Waals surface area contributed by atoms with Gasteiger partial charge in [0.05, 0.1) is 12.3 Å². The molecule has 0 N–H and O–H groups in total. The van der Waals surface area contributed by atoms with Crippen LogP contribution in [-0.2, 0) is 10.3 Å². The van der Waals surface area contributed by atoms with Crippen LogP contribution in [-0.4, -0.2) is 11.0 Å². The summed E-state index contributed by atoms with van der Waals surface area (Å²) in [6.45, 7) is 5.02. The summed E-state index contributed by atoms with van der Waals surface area (Å²) in [6, 6.07) is 9.62. The van der Waals surface area contributed by atoms with Gasteiger partial charge in [0.1, 0.15) is 0 Å². The number of amides is 1. The van der Waals surface area contributed by atoms with Crippen molar-refractivity contribution in [1.82, 2.24) is 4.90 Å². The molecule has 18 heavy (non-hydrogen) atoms. The van der Waals surface area contributed by atoms with E-state index in [0.717, 1.165) is 17.4 Å². The third-order valence-corrected chi connectivity index (χ3v) is 2.97. The number of nitrogens with zero attached hydrogens (tertiary/aromatic N) is 2. The number of ether oxygens (including phenoxy) is 1. The summed E-state index contributed by atoms with van der Waals surface area (Å²) in [5, 5.41) is 9.43. The zero-order chi connectivity index (χ0) is 13.2. The van der Waals surface area contributed by atoms with Crippen molar-refractivity contribution in [2.75, 3.05) is 0 Å². The number of carbonyl (C=O) groups is 1. The summed E-state index contributed by atoms with van der Waals surface area (Å²) >= 11 is 0. The third-order valence-electron chi connectivity index (χ3n) is 2.97. The fraction of sp³-hybridized carbons (Fsp3) is 0.143. The van der Waals surface area contributed by atoms with Crippen molar-refractivity contribution in [2.24, 2.45) is 0 Å². The van der Waals surface area contributed by atoms with Crippen molar-refractivity contribution in [3.63, 3.8) is 0 Å². The molecule has 0 fully saturated rings.